The normalized spacial score (nSPS) is 12.7. The fourth-order valence-corrected chi connectivity index (χ4v) is 1.80. The summed E-state index contributed by atoms with van der Waals surface area (Å²) >= 11 is 1.71. The van der Waals surface area contributed by atoms with Crippen LogP contribution in [0.2, 0.25) is 0 Å². The molecule has 0 aliphatic heterocycles. The lowest BCUT2D eigenvalue weighted by atomic mass is 10.1. The molecular formula is C13H17NOS. The molecule has 1 unspecified atom stereocenters. The minimum absolute atomic E-state index is 0.0413. The van der Waals surface area contributed by atoms with Crippen LogP contribution < -0.4 is 5.32 Å². The van der Waals surface area contributed by atoms with Crippen LogP contribution in [-0.4, -0.2) is 12.2 Å². The van der Waals surface area contributed by atoms with Crippen molar-refractivity contribution in [1.29, 1.82) is 0 Å². The largest absolute Gasteiger partial charge is 0.346 e. The van der Waals surface area contributed by atoms with Gasteiger partial charge >= 0.3 is 0 Å². The second-order valence-electron chi connectivity index (χ2n) is 3.50. The number of carbonyl (C=O) groups excluding carboxylic acids is 1. The molecule has 0 spiro atoms. The van der Waals surface area contributed by atoms with Crippen LogP contribution in [0.25, 0.3) is 0 Å². The van der Waals surface area contributed by atoms with E-state index >= 15 is 0 Å². The number of hydrogen-bond acceptors (Lipinski definition) is 2. The molecule has 1 atom stereocenters. The number of nitrogens with one attached hydrogen (secondary N) is 1. The summed E-state index contributed by atoms with van der Waals surface area (Å²) in [7, 11) is 0. The molecule has 1 rings (SSSR count). The van der Waals surface area contributed by atoms with E-state index in [1.165, 1.54) is 11.0 Å². The Hall–Kier alpha value is -1.22. The topological polar surface area (TPSA) is 29.1 Å². The highest BCUT2D eigenvalue weighted by Gasteiger charge is 2.06. The SMILES string of the molecule is CC=CC(=O)NC(C)c1ccc(SC)cc1. The predicted octanol–water partition coefficient (Wildman–Crippen LogP) is 3.16. The van der Waals surface area contributed by atoms with Crippen LogP contribution in [0.1, 0.15) is 25.5 Å². The van der Waals surface area contributed by atoms with Gasteiger partial charge in [-0.2, -0.15) is 0 Å². The number of carbonyl (C=O) groups is 1. The zero-order chi connectivity index (χ0) is 12.0. The van der Waals surface area contributed by atoms with Gasteiger partial charge in [0, 0.05) is 4.90 Å². The van der Waals surface area contributed by atoms with Crippen LogP contribution in [0, 0.1) is 0 Å². The van der Waals surface area contributed by atoms with Gasteiger partial charge < -0.3 is 5.32 Å². The Kier molecular flexibility index (Phi) is 5.12. The predicted molar refractivity (Wildman–Crippen MR) is 69.6 cm³/mol. The van der Waals surface area contributed by atoms with Crippen molar-refractivity contribution in [2.75, 3.05) is 6.26 Å². The lowest BCUT2D eigenvalue weighted by Gasteiger charge is -2.13. The van der Waals surface area contributed by atoms with E-state index in [-0.39, 0.29) is 11.9 Å². The van der Waals surface area contributed by atoms with Crippen molar-refractivity contribution < 1.29 is 4.79 Å². The number of rotatable bonds is 4. The minimum atomic E-state index is -0.0519. The molecule has 0 radical (unpaired) electrons. The van der Waals surface area contributed by atoms with Gasteiger partial charge in [0.25, 0.3) is 0 Å². The van der Waals surface area contributed by atoms with Crippen molar-refractivity contribution in [3.63, 3.8) is 0 Å². The third kappa shape index (κ3) is 3.74. The first-order valence-corrected chi connectivity index (χ1v) is 6.47. The molecule has 0 saturated carbocycles. The Morgan fingerprint density at radius 3 is 2.50 bits per heavy atom. The highest BCUT2D eigenvalue weighted by atomic mass is 32.2. The summed E-state index contributed by atoms with van der Waals surface area (Å²) in [5.41, 5.74) is 1.12. The molecule has 0 saturated heterocycles. The molecular weight excluding hydrogens is 218 g/mol. The molecule has 3 heteroatoms. The first kappa shape index (κ1) is 12.8. The Balaban J connectivity index is 2.65. The molecule has 1 aromatic rings. The molecule has 16 heavy (non-hydrogen) atoms. The number of benzene rings is 1. The summed E-state index contributed by atoms with van der Waals surface area (Å²) in [4.78, 5) is 12.6. The van der Waals surface area contributed by atoms with E-state index in [0.717, 1.165) is 5.56 Å². The third-order valence-corrected chi connectivity index (χ3v) is 3.04. The summed E-state index contributed by atoms with van der Waals surface area (Å²) in [5, 5.41) is 2.90. The van der Waals surface area contributed by atoms with Crippen molar-refractivity contribution in [3.05, 3.63) is 42.0 Å². The average Bonchev–Trinajstić information content (AvgIpc) is 2.29. The van der Waals surface area contributed by atoms with Crippen LogP contribution in [-0.2, 0) is 4.79 Å². The monoisotopic (exact) mass is 235 g/mol. The summed E-state index contributed by atoms with van der Waals surface area (Å²) in [6.07, 6.45) is 5.32. The Bertz CT molecular complexity index is 370. The lowest BCUT2D eigenvalue weighted by Crippen LogP contribution is -2.24. The number of hydrogen-bond donors (Lipinski definition) is 1. The first-order chi connectivity index (χ1) is 7.67. The molecule has 0 fully saturated rings. The van der Waals surface area contributed by atoms with Gasteiger partial charge in [-0.3, -0.25) is 4.79 Å². The molecule has 1 aromatic carbocycles. The van der Waals surface area contributed by atoms with Crippen molar-refractivity contribution in [3.8, 4) is 0 Å². The first-order valence-electron chi connectivity index (χ1n) is 5.24. The van der Waals surface area contributed by atoms with Gasteiger partial charge in [0.2, 0.25) is 5.91 Å². The number of allylic oxidation sites excluding steroid dienone is 1. The van der Waals surface area contributed by atoms with Gasteiger partial charge in [-0.05, 0) is 43.9 Å². The molecule has 2 nitrogen and oxygen atoms in total. The Morgan fingerprint density at radius 2 is 2.00 bits per heavy atom. The standard InChI is InChI=1S/C13H17NOS/c1-4-5-13(15)14-10(2)11-6-8-12(16-3)9-7-11/h4-10H,1-3H3,(H,14,15). The highest BCUT2D eigenvalue weighted by molar-refractivity contribution is 7.98. The zero-order valence-electron chi connectivity index (χ0n) is 9.86. The van der Waals surface area contributed by atoms with Gasteiger partial charge in [0.15, 0.2) is 0 Å². The average molecular weight is 235 g/mol. The molecule has 86 valence electrons. The quantitative estimate of drug-likeness (QED) is 0.641. The maximum absolute atomic E-state index is 11.3. The smallest absolute Gasteiger partial charge is 0.244 e. The fraction of sp³-hybridized carbons (Fsp3) is 0.308. The van der Waals surface area contributed by atoms with Crippen LogP contribution in [0.15, 0.2) is 41.3 Å². The van der Waals surface area contributed by atoms with E-state index < -0.39 is 0 Å². The van der Waals surface area contributed by atoms with E-state index in [0.29, 0.717) is 0 Å². The van der Waals surface area contributed by atoms with Gasteiger partial charge in [-0.15, -0.1) is 11.8 Å². The van der Waals surface area contributed by atoms with Crippen LogP contribution in [0.4, 0.5) is 0 Å². The molecule has 0 aromatic heterocycles. The van der Waals surface area contributed by atoms with E-state index in [9.17, 15) is 4.79 Å². The third-order valence-electron chi connectivity index (χ3n) is 2.29. The Morgan fingerprint density at radius 1 is 1.38 bits per heavy atom. The maximum Gasteiger partial charge on any atom is 0.244 e. The highest BCUT2D eigenvalue weighted by Crippen LogP contribution is 2.18. The number of thioether (sulfide) groups is 1. The fourth-order valence-electron chi connectivity index (χ4n) is 1.39. The molecule has 0 bridgehead atoms. The minimum Gasteiger partial charge on any atom is -0.346 e. The van der Waals surface area contributed by atoms with Crippen LogP contribution in [0.3, 0.4) is 0 Å². The molecule has 1 amide bonds. The van der Waals surface area contributed by atoms with Gasteiger partial charge in [0.05, 0.1) is 6.04 Å². The van der Waals surface area contributed by atoms with Crippen molar-refractivity contribution in [2.24, 2.45) is 0 Å². The van der Waals surface area contributed by atoms with Gasteiger partial charge in [-0.25, -0.2) is 0 Å². The summed E-state index contributed by atoms with van der Waals surface area (Å²) in [6, 6.07) is 8.27. The zero-order valence-corrected chi connectivity index (χ0v) is 10.7. The number of amides is 1. The molecule has 0 aliphatic carbocycles. The molecule has 0 heterocycles. The van der Waals surface area contributed by atoms with Crippen LogP contribution >= 0.6 is 11.8 Å². The maximum atomic E-state index is 11.3. The lowest BCUT2D eigenvalue weighted by molar-refractivity contribution is -0.117. The van der Waals surface area contributed by atoms with E-state index in [1.54, 1.807) is 17.8 Å². The van der Waals surface area contributed by atoms with Crippen LogP contribution in [0.5, 0.6) is 0 Å². The van der Waals surface area contributed by atoms with Crippen molar-refractivity contribution in [2.45, 2.75) is 24.8 Å². The van der Waals surface area contributed by atoms with E-state index in [4.69, 9.17) is 0 Å². The van der Waals surface area contributed by atoms with E-state index in [1.807, 2.05) is 32.2 Å². The summed E-state index contributed by atoms with van der Waals surface area (Å²) in [6.45, 7) is 3.81. The van der Waals surface area contributed by atoms with Crippen molar-refractivity contribution >= 4 is 17.7 Å². The second kappa shape index (κ2) is 6.38. The Labute approximate surface area is 101 Å². The second-order valence-corrected chi connectivity index (χ2v) is 4.38. The van der Waals surface area contributed by atoms with Gasteiger partial charge in [-0.1, -0.05) is 18.2 Å². The van der Waals surface area contributed by atoms with Crippen molar-refractivity contribution in [1.82, 2.24) is 5.32 Å². The molecule has 1 N–H and O–H groups in total. The molecule has 0 aliphatic rings. The van der Waals surface area contributed by atoms with Gasteiger partial charge in [0.1, 0.15) is 0 Å². The summed E-state index contributed by atoms with van der Waals surface area (Å²) < 4.78 is 0. The van der Waals surface area contributed by atoms with E-state index in [2.05, 4.69) is 17.4 Å². The summed E-state index contributed by atoms with van der Waals surface area (Å²) in [5.74, 6) is -0.0519.